The van der Waals surface area contributed by atoms with Gasteiger partial charge in [-0.25, -0.2) is 0 Å². The third kappa shape index (κ3) is 9.55. The Morgan fingerprint density at radius 1 is 1.10 bits per heavy atom. The fourth-order valence-corrected chi connectivity index (χ4v) is 1.82. The molecular weight excluding hydrogens is 268 g/mol. The molecule has 0 aliphatic rings. The average molecular weight is 292 g/mol. The molecule has 0 aliphatic heterocycles. The number of aldehydes is 2. The van der Waals surface area contributed by atoms with E-state index in [2.05, 4.69) is 23.8 Å². The lowest BCUT2D eigenvalue weighted by Crippen LogP contribution is -2.12. The molecule has 0 N–H and O–H groups in total. The minimum absolute atomic E-state index is 0.162. The Morgan fingerprint density at radius 2 is 1.67 bits per heavy atom. The first-order chi connectivity index (χ1) is 9.90. The molecule has 0 spiro atoms. The quantitative estimate of drug-likeness (QED) is 0.597. The van der Waals surface area contributed by atoms with E-state index in [-0.39, 0.29) is 5.92 Å². The molecule has 0 saturated heterocycles. The molecule has 0 radical (unpaired) electrons. The monoisotopic (exact) mass is 292 g/mol. The summed E-state index contributed by atoms with van der Waals surface area (Å²) in [6.07, 6.45) is 1.93. The zero-order valence-electron chi connectivity index (χ0n) is 13.1. The minimum atomic E-state index is -0.604. The van der Waals surface area contributed by atoms with E-state index in [1.165, 1.54) is 19.4 Å². The van der Waals surface area contributed by atoms with Gasteiger partial charge in [-0.05, 0) is 24.8 Å². The number of benzene rings is 1. The van der Waals surface area contributed by atoms with Gasteiger partial charge >= 0.3 is 5.97 Å². The number of hydrogen-bond donors (Lipinski definition) is 0. The first-order valence-corrected chi connectivity index (χ1v) is 7.03. The predicted octanol–water partition coefficient (Wildman–Crippen LogP) is 3.15. The van der Waals surface area contributed by atoms with Gasteiger partial charge in [0.05, 0.1) is 0 Å². The van der Waals surface area contributed by atoms with Gasteiger partial charge in [0.1, 0.15) is 6.29 Å². The number of hydrogen-bond acceptors (Lipinski definition) is 4. The molecule has 1 aromatic rings. The third-order valence-corrected chi connectivity index (χ3v) is 2.87. The van der Waals surface area contributed by atoms with Crippen molar-refractivity contribution in [2.75, 3.05) is 0 Å². The van der Waals surface area contributed by atoms with E-state index in [0.717, 1.165) is 12.7 Å². The molecule has 116 valence electrons. The molecule has 0 aromatic heterocycles. The lowest BCUT2D eigenvalue weighted by molar-refractivity contribution is -0.148. The molecule has 4 heteroatoms. The lowest BCUT2D eigenvalue weighted by Gasteiger charge is -2.12. The number of carbonyl (C=O) groups is 3. The summed E-state index contributed by atoms with van der Waals surface area (Å²) in [4.78, 5) is 30.3. The van der Waals surface area contributed by atoms with Gasteiger partial charge in [0.15, 0.2) is 12.4 Å². The molecule has 1 aromatic carbocycles. The molecule has 3 atom stereocenters. The van der Waals surface area contributed by atoms with Crippen LogP contribution in [0.25, 0.3) is 0 Å². The van der Waals surface area contributed by atoms with E-state index in [1.54, 1.807) is 0 Å². The van der Waals surface area contributed by atoms with Crippen molar-refractivity contribution in [3.63, 3.8) is 0 Å². The molecule has 0 amide bonds. The van der Waals surface area contributed by atoms with Crippen molar-refractivity contribution < 1.29 is 19.1 Å². The minimum Gasteiger partial charge on any atom is -0.455 e. The Balaban J connectivity index is 0.000000433. The van der Waals surface area contributed by atoms with Crippen molar-refractivity contribution in [1.82, 2.24) is 0 Å². The van der Waals surface area contributed by atoms with Crippen LogP contribution in [0.3, 0.4) is 0 Å². The zero-order valence-corrected chi connectivity index (χ0v) is 13.1. The van der Waals surface area contributed by atoms with Gasteiger partial charge < -0.3 is 9.53 Å². The normalized spacial score (nSPS) is 13.9. The van der Waals surface area contributed by atoms with E-state index in [9.17, 15) is 14.4 Å². The van der Waals surface area contributed by atoms with Gasteiger partial charge in [0, 0.05) is 12.8 Å². The van der Waals surface area contributed by atoms with Crippen molar-refractivity contribution in [1.29, 1.82) is 0 Å². The first kappa shape index (κ1) is 19.0. The Labute approximate surface area is 126 Å². The molecule has 1 rings (SSSR count). The summed E-state index contributed by atoms with van der Waals surface area (Å²) in [5.41, 5.74) is 1.32. The maximum Gasteiger partial charge on any atom is 0.303 e. The molecular formula is C17H24O4. The van der Waals surface area contributed by atoms with Gasteiger partial charge in [0.25, 0.3) is 0 Å². The van der Waals surface area contributed by atoms with E-state index in [0.29, 0.717) is 12.2 Å². The number of rotatable bonds is 6. The van der Waals surface area contributed by atoms with Crippen LogP contribution in [0.1, 0.15) is 45.6 Å². The van der Waals surface area contributed by atoms with Crippen molar-refractivity contribution in [3.8, 4) is 0 Å². The Morgan fingerprint density at radius 3 is 2.05 bits per heavy atom. The second kappa shape index (κ2) is 10.8. The molecule has 0 bridgehead atoms. The number of esters is 1. The van der Waals surface area contributed by atoms with Gasteiger partial charge in [0.2, 0.25) is 0 Å². The fourth-order valence-electron chi connectivity index (χ4n) is 1.82. The van der Waals surface area contributed by atoms with Crippen LogP contribution in [0.5, 0.6) is 0 Å². The topological polar surface area (TPSA) is 60.4 Å². The highest BCUT2D eigenvalue weighted by molar-refractivity contribution is 5.69. The largest absolute Gasteiger partial charge is 0.455 e. The van der Waals surface area contributed by atoms with E-state index in [1.807, 2.05) is 25.1 Å². The SMILES string of the molecule is CC(=O)OC(C)C=O.CC(C=O)CC(C)c1ccccc1. The van der Waals surface area contributed by atoms with Crippen molar-refractivity contribution >= 4 is 18.5 Å². The molecule has 0 saturated carbocycles. The third-order valence-electron chi connectivity index (χ3n) is 2.87. The lowest BCUT2D eigenvalue weighted by atomic mass is 9.92. The summed E-state index contributed by atoms with van der Waals surface area (Å²) in [5.74, 6) is 0.209. The standard InChI is InChI=1S/C12H16O.C5H8O3/c1-10(9-13)8-11(2)12-6-4-3-5-7-12;1-4(3-6)8-5(2)7/h3-7,9-11H,8H2,1-2H3;3-4H,1-2H3. The number of ether oxygens (including phenoxy) is 1. The summed E-state index contributed by atoms with van der Waals surface area (Å²) in [5, 5.41) is 0. The van der Waals surface area contributed by atoms with Gasteiger partial charge in [-0.2, -0.15) is 0 Å². The van der Waals surface area contributed by atoms with Crippen molar-refractivity contribution in [2.24, 2.45) is 5.92 Å². The van der Waals surface area contributed by atoms with Crippen molar-refractivity contribution in [3.05, 3.63) is 35.9 Å². The number of carbonyl (C=O) groups excluding carboxylic acids is 3. The Bertz CT molecular complexity index is 428. The summed E-state index contributed by atoms with van der Waals surface area (Å²) in [6, 6.07) is 10.3. The van der Waals surface area contributed by atoms with Crippen LogP contribution < -0.4 is 0 Å². The molecule has 0 fully saturated rings. The van der Waals surface area contributed by atoms with Gasteiger partial charge in [-0.3, -0.25) is 9.59 Å². The summed E-state index contributed by atoms with van der Waals surface area (Å²) >= 11 is 0. The highest BCUT2D eigenvalue weighted by Gasteiger charge is 2.08. The molecule has 3 unspecified atom stereocenters. The van der Waals surface area contributed by atoms with Crippen LogP contribution in [-0.2, 0) is 19.1 Å². The van der Waals surface area contributed by atoms with Crippen LogP contribution in [0.2, 0.25) is 0 Å². The Kier molecular flexibility index (Phi) is 9.76. The summed E-state index contributed by atoms with van der Waals surface area (Å²) in [7, 11) is 0. The van der Waals surface area contributed by atoms with Gasteiger partial charge in [-0.1, -0.05) is 44.2 Å². The highest BCUT2D eigenvalue weighted by atomic mass is 16.5. The van der Waals surface area contributed by atoms with Crippen LogP contribution in [-0.4, -0.2) is 24.6 Å². The average Bonchev–Trinajstić information content (AvgIpc) is 2.47. The smallest absolute Gasteiger partial charge is 0.303 e. The van der Waals surface area contributed by atoms with E-state index in [4.69, 9.17) is 0 Å². The molecule has 21 heavy (non-hydrogen) atoms. The second-order valence-electron chi connectivity index (χ2n) is 5.11. The second-order valence-corrected chi connectivity index (χ2v) is 5.11. The van der Waals surface area contributed by atoms with Crippen LogP contribution in [0.4, 0.5) is 0 Å². The van der Waals surface area contributed by atoms with E-state index < -0.39 is 12.1 Å². The first-order valence-electron chi connectivity index (χ1n) is 7.03. The van der Waals surface area contributed by atoms with Gasteiger partial charge in [-0.15, -0.1) is 0 Å². The molecule has 4 nitrogen and oxygen atoms in total. The summed E-state index contributed by atoms with van der Waals surface area (Å²) < 4.78 is 4.39. The van der Waals surface area contributed by atoms with E-state index >= 15 is 0 Å². The molecule has 0 aliphatic carbocycles. The molecule has 0 heterocycles. The van der Waals surface area contributed by atoms with Crippen LogP contribution in [0.15, 0.2) is 30.3 Å². The Hall–Kier alpha value is -1.97. The van der Waals surface area contributed by atoms with Crippen molar-refractivity contribution in [2.45, 2.75) is 46.1 Å². The maximum absolute atomic E-state index is 10.5. The van der Waals surface area contributed by atoms with Crippen LogP contribution >= 0.6 is 0 Å². The highest BCUT2D eigenvalue weighted by Crippen LogP contribution is 2.21. The van der Waals surface area contributed by atoms with Crippen LogP contribution in [0, 0.1) is 5.92 Å². The maximum atomic E-state index is 10.5. The summed E-state index contributed by atoms with van der Waals surface area (Å²) in [6.45, 7) is 6.90. The fraction of sp³-hybridized carbons (Fsp3) is 0.471. The zero-order chi connectivity index (χ0) is 16.3. The predicted molar refractivity (Wildman–Crippen MR) is 82.0 cm³/mol.